The molecule has 1 unspecified atom stereocenters. The van der Waals surface area contributed by atoms with Crippen LogP contribution in [0.2, 0.25) is 0 Å². The number of nitrogens with zero attached hydrogens (tertiary/aromatic N) is 3. The minimum absolute atomic E-state index is 0.124. The Morgan fingerprint density at radius 3 is 2.37 bits per heavy atom. The summed E-state index contributed by atoms with van der Waals surface area (Å²) in [6, 6.07) is 13.0. The molecule has 0 aliphatic carbocycles. The summed E-state index contributed by atoms with van der Waals surface area (Å²) >= 11 is 0. The fraction of sp³-hybridized carbons (Fsp3) is 0.278. The Morgan fingerprint density at radius 2 is 1.89 bits per heavy atom. The van der Waals surface area contributed by atoms with Crippen LogP contribution in [-0.4, -0.2) is 40.9 Å². The van der Waals surface area contributed by atoms with Gasteiger partial charge in [0, 0.05) is 42.3 Å². The van der Waals surface area contributed by atoms with Crippen molar-refractivity contribution in [2.45, 2.75) is 13.0 Å². The Labute approximate surface area is 157 Å². The van der Waals surface area contributed by atoms with Crippen molar-refractivity contribution in [1.82, 2.24) is 0 Å². The fourth-order valence-electron chi connectivity index (χ4n) is 2.17. The van der Waals surface area contributed by atoms with Crippen molar-refractivity contribution in [2.24, 2.45) is 0 Å². The van der Waals surface area contributed by atoms with E-state index in [1.807, 2.05) is 36.1 Å². The largest absolute Gasteiger partial charge is 0.399 e. The van der Waals surface area contributed by atoms with Gasteiger partial charge in [-0.1, -0.05) is 0 Å². The maximum atomic E-state index is 10.2. The van der Waals surface area contributed by atoms with Crippen molar-refractivity contribution in [3.8, 4) is 6.07 Å². The summed E-state index contributed by atoms with van der Waals surface area (Å²) in [5.74, 6) is 0. The standard InChI is InChI=1S/C11H18N2O2.C7H5N3O2/c1-2-13(7-11(15)8-14)10-5-3-9(12)4-6-10;8-4-5-3-6(10(11)12)1-2-7(5)9/h3-6,11,14-15H,2,7-8,12H2,1H3;1-3H,9H2. The van der Waals surface area contributed by atoms with Crippen molar-refractivity contribution >= 4 is 22.7 Å². The summed E-state index contributed by atoms with van der Waals surface area (Å²) in [4.78, 5) is 11.7. The van der Waals surface area contributed by atoms with Gasteiger partial charge in [-0.15, -0.1) is 0 Å². The molecule has 0 heterocycles. The highest BCUT2D eigenvalue weighted by Crippen LogP contribution is 2.18. The van der Waals surface area contributed by atoms with Crippen molar-refractivity contribution in [3.05, 3.63) is 58.1 Å². The van der Waals surface area contributed by atoms with E-state index in [-0.39, 0.29) is 23.5 Å². The number of benzene rings is 2. The number of hydrogen-bond donors (Lipinski definition) is 4. The first-order valence-electron chi connectivity index (χ1n) is 8.15. The lowest BCUT2D eigenvalue weighted by molar-refractivity contribution is -0.384. The molecule has 0 radical (unpaired) electrons. The van der Waals surface area contributed by atoms with E-state index in [0.29, 0.717) is 6.54 Å². The SMILES string of the molecule is CCN(CC(O)CO)c1ccc(N)cc1.N#Cc1cc([N+](=O)[O-])ccc1N. The van der Waals surface area contributed by atoms with Gasteiger partial charge in [-0.05, 0) is 37.3 Å². The van der Waals surface area contributed by atoms with E-state index in [4.69, 9.17) is 21.8 Å². The molecule has 0 bridgehead atoms. The quantitative estimate of drug-likeness (QED) is 0.336. The van der Waals surface area contributed by atoms with Gasteiger partial charge in [0.1, 0.15) is 6.07 Å². The summed E-state index contributed by atoms with van der Waals surface area (Å²) in [5.41, 5.74) is 12.9. The van der Waals surface area contributed by atoms with E-state index in [1.54, 1.807) is 6.07 Å². The molecular formula is C18H23N5O4. The molecule has 144 valence electrons. The lowest BCUT2D eigenvalue weighted by Crippen LogP contribution is -2.34. The average molecular weight is 373 g/mol. The number of non-ortho nitro benzene ring substituents is 1. The Hall–Kier alpha value is -3.35. The van der Waals surface area contributed by atoms with Gasteiger partial charge in [0.25, 0.3) is 5.69 Å². The second kappa shape index (κ2) is 10.6. The molecule has 0 fully saturated rings. The highest BCUT2D eigenvalue weighted by Gasteiger charge is 2.10. The van der Waals surface area contributed by atoms with Gasteiger partial charge < -0.3 is 26.6 Å². The summed E-state index contributed by atoms with van der Waals surface area (Å²) < 4.78 is 0. The van der Waals surface area contributed by atoms with Gasteiger partial charge in [0.15, 0.2) is 0 Å². The normalized spacial score (nSPS) is 10.9. The molecular weight excluding hydrogens is 350 g/mol. The molecule has 2 aromatic rings. The first-order chi connectivity index (χ1) is 12.8. The Kier molecular flexibility index (Phi) is 8.51. The first kappa shape index (κ1) is 21.7. The lowest BCUT2D eigenvalue weighted by Gasteiger charge is -2.25. The molecule has 0 aliphatic heterocycles. The monoisotopic (exact) mass is 373 g/mol. The number of likely N-dealkylation sites (N-methyl/N-ethyl adjacent to an activating group) is 1. The predicted octanol–water partition coefficient (Wildman–Crippen LogP) is 1.50. The first-order valence-corrected chi connectivity index (χ1v) is 8.15. The topological polar surface area (TPSA) is 163 Å². The fourth-order valence-corrected chi connectivity index (χ4v) is 2.17. The number of nitrogen functional groups attached to an aromatic ring is 2. The van der Waals surface area contributed by atoms with Crippen molar-refractivity contribution < 1.29 is 15.1 Å². The zero-order chi connectivity index (χ0) is 20.4. The zero-order valence-electron chi connectivity index (χ0n) is 14.9. The highest BCUT2D eigenvalue weighted by atomic mass is 16.6. The molecule has 27 heavy (non-hydrogen) atoms. The van der Waals surface area contributed by atoms with E-state index >= 15 is 0 Å². The summed E-state index contributed by atoms with van der Waals surface area (Å²) in [7, 11) is 0. The molecule has 2 aromatic carbocycles. The number of nitriles is 1. The van der Waals surface area contributed by atoms with Gasteiger partial charge >= 0.3 is 0 Å². The molecule has 2 rings (SSSR count). The molecule has 0 amide bonds. The van der Waals surface area contributed by atoms with Gasteiger partial charge in [-0.25, -0.2) is 0 Å². The average Bonchev–Trinajstić information content (AvgIpc) is 2.67. The maximum absolute atomic E-state index is 10.2. The third-order valence-corrected chi connectivity index (χ3v) is 3.65. The number of nitro benzene ring substituents is 1. The Morgan fingerprint density at radius 1 is 1.26 bits per heavy atom. The minimum atomic E-state index is -0.706. The number of aliphatic hydroxyl groups is 2. The molecule has 0 saturated carbocycles. The van der Waals surface area contributed by atoms with Crippen molar-refractivity contribution in [2.75, 3.05) is 36.1 Å². The molecule has 9 nitrogen and oxygen atoms in total. The summed E-state index contributed by atoms with van der Waals surface area (Å²) in [6.07, 6.45) is -0.706. The van der Waals surface area contributed by atoms with E-state index in [2.05, 4.69) is 0 Å². The number of hydrogen-bond acceptors (Lipinski definition) is 8. The third kappa shape index (κ3) is 6.81. The highest BCUT2D eigenvalue weighted by molar-refractivity contribution is 5.58. The number of aliphatic hydroxyl groups excluding tert-OH is 2. The van der Waals surface area contributed by atoms with Crippen LogP contribution in [0.25, 0.3) is 0 Å². The number of nitro groups is 1. The molecule has 0 saturated heterocycles. The lowest BCUT2D eigenvalue weighted by atomic mass is 10.2. The number of rotatable bonds is 6. The van der Waals surface area contributed by atoms with E-state index < -0.39 is 11.0 Å². The molecule has 0 spiro atoms. The summed E-state index contributed by atoms with van der Waals surface area (Å²) in [5, 5.41) is 36.8. The van der Waals surface area contributed by atoms with Gasteiger partial charge in [-0.3, -0.25) is 10.1 Å². The predicted molar refractivity (Wildman–Crippen MR) is 104 cm³/mol. The molecule has 1 atom stereocenters. The van der Waals surface area contributed by atoms with Crippen LogP contribution in [0.3, 0.4) is 0 Å². The van der Waals surface area contributed by atoms with Crippen LogP contribution in [0.15, 0.2) is 42.5 Å². The maximum Gasteiger partial charge on any atom is 0.270 e. The third-order valence-electron chi connectivity index (χ3n) is 3.65. The van der Waals surface area contributed by atoms with E-state index in [0.717, 1.165) is 24.0 Å². The smallest absolute Gasteiger partial charge is 0.270 e. The van der Waals surface area contributed by atoms with Gasteiger partial charge in [0.05, 0.1) is 23.2 Å². The van der Waals surface area contributed by atoms with E-state index in [1.165, 1.54) is 12.1 Å². The number of anilines is 3. The van der Waals surface area contributed by atoms with Crippen LogP contribution in [0, 0.1) is 21.4 Å². The minimum Gasteiger partial charge on any atom is -0.399 e. The van der Waals surface area contributed by atoms with Crippen molar-refractivity contribution in [3.63, 3.8) is 0 Å². The number of nitrogens with two attached hydrogens (primary N) is 2. The van der Waals surface area contributed by atoms with Crippen LogP contribution in [0.1, 0.15) is 12.5 Å². The van der Waals surface area contributed by atoms with Crippen LogP contribution < -0.4 is 16.4 Å². The Balaban J connectivity index is 0.000000277. The van der Waals surface area contributed by atoms with Gasteiger partial charge in [-0.2, -0.15) is 5.26 Å². The van der Waals surface area contributed by atoms with Gasteiger partial charge in [0.2, 0.25) is 0 Å². The second-order valence-electron chi connectivity index (χ2n) is 5.61. The van der Waals surface area contributed by atoms with Crippen molar-refractivity contribution in [1.29, 1.82) is 5.26 Å². The Bertz CT molecular complexity index is 789. The summed E-state index contributed by atoms with van der Waals surface area (Å²) in [6.45, 7) is 2.99. The molecule has 9 heteroatoms. The van der Waals surface area contributed by atoms with Crippen LogP contribution in [-0.2, 0) is 0 Å². The van der Waals surface area contributed by atoms with Crippen LogP contribution in [0.4, 0.5) is 22.7 Å². The van der Waals surface area contributed by atoms with Crippen LogP contribution >= 0.6 is 0 Å². The second-order valence-corrected chi connectivity index (χ2v) is 5.61. The molecule has 6 N–H and O–H groups in total. The zero-order valence-corrected chi connectivity index (χ0v) is 14.9. The van der Waals surface area contributed by atoms with E-state index in [9.17, 15) is 15.2 Å². The van der Waals surface area contributed by atoms with Crippen LogP contribution in [0.5, 0.6) is 0 Å². The molecule has 0 aliphatic rings. The molecule has 0 aromatic heterocycles.